The molecule has 3 unspecified atom stereocenters. The SMILES string of the molecule is N#Cc1cccc(N2c3ccc(N)cc3C3C=CC=CC32)c1C1C=Cc2c(n(-c3ccccc3)c3ccc4c5ccccc5sc4c23)C1. The van der Waals surface area contributed by atoms with Gasteiger partial charge in [-0.15, -0.1) is 11.3 Å². The van der Waals surface area contributed by atoms with Gasteiger partial charge in [0.1, 0.15) is 0 Å². The smallest absolute Gasteiger partial charge is 0.0995 e. The van der Waals surface area contributed by atoms with Gasteiger partial charge in [0.15, 0.2) is 0 Å². The number of para-hydroxylation sites is 1. The number of allylic oxidation sites excluding steroid dienone is 3. The fourth-order valence-corrected chi connectivity index (χ4v) is 9.72. The molecule has 3 aliphatic rings. The summed E-state index contributed by atoms with van der Waals surface area (Å²) >= 11 is 1.88. The van der Waals surface area contributed by atoms with E-state index >= 15 is 0 Å². The van der Waals surface area contributed by atoms with E-state index in [0.717, 1.165) is 40.3 Å². The summed E-state index contributed by atoms with van der Waals surface area (Å²) in [7, 11) is 0. The number of nitrogens with two attached hydrogens (primary N) is 1. The second-order valence-electron chi connectivity index (χ2n) is 13.0. The van der Waals surface area contributed by atoms with Gasteiger partial charge >= 0.3 is 0 Å². The van der Waals surface area contributed by atoms with Gasteiger partial charge in [0.2, 0.25) is 0 Å². The highest BCUT2D eigenvalue weighted by molar-refractivity contribution is 7.26. The summed E-state index contributed by atoms with van der Waals surface area (Å²) in [4.78, 5) is 2.44. The Morgan fingerprint density at radius 2 is 1.65 bits per heavy atom. The van der Waals surface area contributed by atoms with E-state index in [-0.39, 0.29) is 17.9 Å². The van der Waals surface area contributed by atoms with Crippen LogP contribution in [0.25, 0.3) is 42.8 Å². The third-order valence-electron chi connectivity index (χ3n) is 10.4. The van der Waals surface area contributed by atoms with Crippen LogP contribution in [0.2, 0.25) is 0 Å². The molecule has 228 valence electrons. The Hall–Kier alpha value is -5.83. The molecule has 10 rings (SSSR count). The predicted octanol–water partition coefficient (Wildman–Crippen LogP) is 10.5. The fraction of sp³-hybridized carbons (Fsp3) is 0.0930. The molecule has 1 aliphatic heterocycles. The van der Waals surface area contributed by atoms with Gasteiger partial charge < -0.3 is 15.2 Å². The van der Waals surface area contributed by atoms with Crippen molar-refractivity contribution in [3.8, 4) is 11.8 Å². The van der Waals surface area contributed by atoms with Crippen LogP contribution in [0.4, 0.5) is 17.1 Å². The highest BCUT2D eigenvalue weighted by atomic mass is 32.1. The lowest BCUT2D eigenvalue weighted by Gasteiger charge is -2.33. The lowest BCUT2D eigenvalue weighted by Crippen LogP contribution is -2.30. The molecule has 48 heavy (non-hydrogen) atoms. The summed E-state index contributed by atoms with van der Waals surface area (Å²) in [6.07, 6.45) is 14.3. The molecule has 0 bridgehead atoms. The Kier molecular flexibility index (Phi) is 5.88. The number of nitriles is 1. The normalized spacial score (nSPS) is 19.1. The largest absolute Gasteiger partial charge is 0.399 e. The Morgan fingerprint density at radius 1 is 0.792 bits per heavy atom. The van der Waals surface area contributed by atoms with Crippen LogP contribution in [0.15, 0.2) is 134 Å². The van der Waals surface area contributed by atoms with E-state index in [0.29, 0.717) is 0 Å². The molecule has 0 saturated carbocycles. The van der Waals surface area contributed by atoms with Crippen LogP contribution in [0, 0.1) is 11.3 Å². The molecule has 2 aromatic heterocycles. The maximum atomic E-state index is 10.6. The van der Waals surface area contributed by atoms with E-state index in [2.05, 4.69) is 137 Å². The lowest BCUT2D eigenvalue weighted by molar-refractivity contribution is 0.730. The Balaban J connectivity index is 1.19. The number of thiophene rings is 1. The van der Waals surface area contributed by atoms with Crippen LogP contribution < -0.4 is 10.6 Å². The van der Waals surface area contributed by atoms with Crippen LogP contribution in [0.3, 0.4) is 0 Å². The molecule has 4 nitrogen and oxygen atoms in total. The van der Waals surface area contributed by atoms with Gasteiger partial charge in [0.05, 0.1) is 23.2 Å². The van der Waals surface area contributed by atoms with E-state index in [1.807, 2.05) is 29.5 Å². The van der Waals surface area contributed by atoms with Gasteiger partial charge in [-0.3, -0.25) is 0 Å². The van der Waals surface area contributed by atoms with Gasteiger partial charge in [0, 0.05) is 77.0 Å². The molecule has 0 fully saturated rings. The van der Waals surface area contributed by atoms with Crippen molar-refractivity contribution in [3.63, 3.8) is 0 Å². The highest BCUT2D eigenvalue weighted by Crippen LogP contribution is 2.52. The minimum Gasteiger partial charge on any atom is -0.399 e. The second kappa shape index (κ2) is 10.3. The maximum absolute atomic E-state index is 10.6. The minimum absolute atomic E-state index is 0.00687. The van der Waals surface area contributed by atoms with Crippen molar-refractivity contribution >= 4 is 65.6 Å². The third-order valence-corrected chi connectivity index (χ3v) is 11.7. The number of nitrogens with zero attached hydrogens (tertiary/aromatic N) is 3. The summed E-state index contributed by atoms with van der Waals surface area (Å²) < 4.78 is 5.10. The third kappa shape index (κ3) is 3.81. The van der Waals surface area contributed by atoms with E-state index in [9.17, 15) is 5.26 Å². The van der Waals surface area contributed by atoms with Crippen molar-refractivity contribution in [1.29, 1.82) is 5.26 Å². The number of benzene rings is 5. The van der Waals surface area contributed by atoms with Gasteiger partial charge in [-0.25, -0.2) is 0 Å². The first-order valence-electron chi connectivity index (χ1n) is 16.5. The first-order chi connectivity index (χ1) is 23.7. The van der Waals surface area contributed by atoms with Crippen LogP contribution in [-0.2, 0) is 6.42 Å². The van der Waals surface area contributed by atoms with Crippen LogP contribution in [-0.4, -0.2) is 10.6 Å². The summed E-state index contributed by atoms with van der Waals surface area (Å²) in [5, 5.41) is 14.5. The first-order valence-corrected chi connectivity index (χ1v) is 17.3. The fourth-order valence-electron chi connectivity index (χ4n) is 8.47. The van der Waals surface area contributed by atoms with E-state index in [1.165, 1.54) is 47.9 Å². The molecule has 7 aromatic rings. The Morgan fingerprint density at radius 3 is 2.54 bits per heavy atom. The molecule has 0 radical (unpaired) electrons. The number of rotatable bonds is 3. The van der Waals surface area contributed by atoms with Crippen LogP contribution >= 0.6 is 11.3 Å². The number of anilines is 3. The summed E-state index contributed by atoms with van der Waals surface area (Å²) in [5.41, 5.74) is 17.3. The number of nitrogen functional groups attached to an aromatic ring is 1. The number of hydrogen-bond acceptors (Lipinski definition) is 4. The predicted molar refractivity (Wildman–Crippen MR) is 201 cm³/mol. The molecular formula is C43H30N4S. The standard InChI is InChI=1S/C43H30N4S/c44-25-27-9-8-15-37(47-35-14-6-4-12-30(35)34-24-28(45)18-21-36(34)47)41(27)26-17-19-33-39(23-26)46(29-10-2-1-3-11-29)38-22-20-32-31-13-5-7-16-40(31)48-43(32)42(33)38/h1-22,24,26,30,35H,23,45H2. The Labute approximate surface area is 282 Å². The average molecular weight is 635 g/mol. The maximum Gasteiger partial charge on any atom is 0.0995 e. The van der Waals surface area contributed by atoms with Crippen molar-refractivity contribution < 1.29 is 0 Å². The van der Waals surface area contributed by atoms with Crippen LogP contribution in [0.1, 0.15) is 39.8 Å². The zero-order valence-electron chi connectivity index (χ0n) is 26.0. The zero-order valence-corrected chi connectivity index (χ0v) is 26.9. The monoisotopic (exact) mass is 634 g/mol. The first kappa shape index (κ1) is 27.3. The molecule has 2 N–H and O–H groups in total. The summed E-state index contributed by atoms with van der Waals surface area (Å²) in [6, 6.07) is 39.2. The van der Waals surface area contributed by atoms with Crippen molar-refractivity contribution in [2.45, 2.75) is 24.3 Å². The Bertz CT molecular complexity index is 2590. The molecule has 0 amide bonds. The summed E-state index contributed by atoms with van der Waals surface area (Å²) in [6.45, 7) is 0. The highest BCUT2D eigenvalue weighted by Gasteiger charge is 2.39. The molecule has 3 atom stereocenters. The number of aromatic nitrogens is 1. The van der Waals surface area contributed by atoms with Gasteiger partial charge in [-0.05, 0) is 66.6 Å². The number of fused-ring (bicyclic) bond motifs is 10. The van der Waals surface area contributed by atoms with Crippen molar-refractivity contribution in [1.82, 2.24) is 4.57 Å². The molecule has 5 aromatic carbocycles. The number of hydrogen-bond donors (Lipinski definition) is 1. The van der Waals surface area contributed by atoms with Gasteiger partial charge in [-0.2, -0.15) is 5.26 Å². The molecule has 3 heterocycles. The second-order valence-corrected chi connectivity index (χ2v) is 14.0. The van der Waals surface area contributed by atoms with Gasteiger partial charge in [0.25, 0.3) is 0 Å². The average Bonchev–Trinajstić information content (AvgIpc) is 3.78. The lowest BCUT2D eigenvalue weighted by atomic mass is 9.84. The molecule has 0 saturated heterocycles. The summed E-state index contributed by atoms with van der Waals surface area (Å²) in [5.74, 6) is 0.206. The van der Waals surface area contributed by atoms with Crippen molar-refractivity contribution in [2.75, 3.05) is 10.6 Å². The van der Waals surface area contributed by atoms with Crippen molar-refractivity contribution in [3.05, 3.63) is 161 Å². The molecule has 2 aliphatic carbocycles. The topological polar surface area (TPSA) is 58.0 Å². The van der Waals surface area contributed by atoms with E-state index in [4.69, 9.17) is 5.73 Å². The quantitative estimate of drug-likeness (QED) is 0.197. The minimum atomic E-state index is 0.00687. The molecule has 5 heteroatoms. The van der Waals surface area contributed by atoms with E-state index < -0.39 is 0 Å². The van der Waals surface area contributed by atoms with Crippen LogP contribution in [0.5, 0.6) is 0 Å². The molecular weight excluding hydrogens is 605 g/mol. The van der Waals surface area contributed by atoms with Gasteiger partial charge in [-0.1, -0.05) is 85.0 Å². The van der Waals surface area contributed by atoms with E-state index in [1.54, 1.807) is 0 Å². The van der Waals surface area contributed by atoms with Crippen molar-refractivity contribution in [2.24, 2.45) is 0 Å². The molecule has 0 spiro atoms. The zero-order chi connectivity index (χ0) is 31.9.